The van der Waals surface area contributed by atoms with Gasteiger partial charge in [0.2, 0.25) is 5.91 Å². The highest BCUT2D eigenvalue weighted by Crippen LogP contribution is 2.03. The Bertz CT molecular complexity index is 148. The van der Waals surface area contributed by atoms with Gasteiger partial charge in [0, 0.05) is 19.5 Å². The molecule has 3 heteroatoms. The summed E-state index contributed by atoms with van der Waals surface area (Å²) in [6.07, 6.45) is 2.60. The molecule has 1 atom stereocenters. The zero-order chi connectivity index (χ0) is 10.3. The lowest BCUT2D eigenvalue weighted by Crippen LogP contribution is -2.34. The molecule has 0 bridgehead atoms. The molecule has 0 fully saturated rings. The molecular weight excluding hydrogens is 164 g/mol. The molecule has 0 heterocycles. The second kappa shape index (κ2) is 6.89. The van der Waals surface area contributed by atoms with E-state index in [-0.39, 0.29) is 5.91 Å². The summed E-state index contributed by atoms with van der Waals surface area (Å²) in [5.41, 5.74) is 0. The lowest BCUT2D eigenvalue weighted by molar-refractivity contribution is -0.131. The smallest absolute Gasteiger partial charge is 0.222 e. The zero-order valence-electron chi connectivity index (χ0n) is 9.26. The molecule has 13 heavy (non-hydrogen) atoms. The van der Waals surface area contributed by atoms with Crippen LogP contribution in [0, 0.1) is 0 Å². The maximum absolute atomic E-state index is 11.5. The maximum Gasteiger partial charge on any atom is 0.222 e. The van der Waals surface area contributed by atoms with Crippen LogP contribution in [0.2, 0.25) is 0 Å². The van der Waals surface area contributed by atoms with Gasteiger partial charge >= 0.3 is 0 Å². The van der Waals surface area contributed by atoms with Crippen molar-refractivity contribution in [1.82, 2.24) is 10.2 Å². The van der Waals surface area contributed by atoms with E-state index in [1.54, 1.807) is 0 Å². The molecule has 1 amide bonds. The molecule has 0 aliphatic rings. The number of nitrogens with zero attached hydrogens (tertiary/aromatic N) is 1. The molecule has 1 N–H and O–H groups in total. The van der Waals surface area contributed by atoms with E-state index in [2.05, 4.69) is 19.2 Å². The summed E-state index contributed by atoms with van der Waals surface area (Å²) in [4.78, 5) is 13.4. The average Bonchev–Trinajstić information content (AvgIpc) is 2.15. The summed E-state index contributed by atoms with van der Waals surface area (Å²) in [6, 6.07) is 0.363. The van der Waals surface area contributed by atoms with Gasteiger partial charge in [0.25, 0.3) is 0 Å². The number of rotatable bonds is 6. The number of carbonyl (C=O) groups is 1. The van der Waals surface area contributed by atoms with Gasteiger partial charge in [-0.15, -0.1) is 0 Å². The number of amides is 1. The molecule has 0 aromatic rings. The molecule has 3 nitrogen and oxygen atoms in total. The lowest BCUT2D eigenvalue weighted by Gasteiger charge is -2.23. The van der Waals surface area contributed by atoms with Gasteiger partial charge in [-0.1, -0.05) is 6.92 Å². The van der Waals surface area contributed by atoms with E-state index < -0.39 is 0 Å². The Kier molecular flexibility index (Phi) is 6.59. The molecule has 0 rings (SSSR count). The Morgan fingerprint density at radius 2 is 2.15 bits per heavy atom. The first-order valence-electron chi connectivity index (χ1n) is 5.03. The fraction of sp³-hybridized carbons (Fsp3) is 0.900. The highest BCUT2D eigenvalue weighted by molar-refractivity contribution is 5.76. The number of carbonyl (C=O) groups excluding carboxylic acids is 1. The summed E-state index contributed by atoms with van der Waals surface area (Å²) < 4.78 is 0. The number of nitrogens with one attached hydrogen (secondary N) is 1. The van der Waals surface area contributed by atoms with Gasteiger partial charge in [-0.2, -0.15) is 0 Å². The van der Waals surface area contributed by atoms with Crippen molar-refractivity contribution >= 4 is 5.91 Å². The normalized spacial score (nSPS) is 12.6. The molecule has 0 aliphatic heterocycles. The molecule has 0 aromatic heterocycles. The van der Waals surface area contributed by atoms with Crippen molar-refractivity contribution in [3.05, 3.63) is 0 Å². The van der Waals surface area contributed by atoms with Crippen LogP contribution in [0.1, 0.15) is 33.1 Å². The maximum atomic E-state index is 11.5. The van der Waals surface area contributed by atoms with Crippen LogP contribution in [0.15, 0.2) is 0 Å². The van der Waals surface area contributed by atoms with Crippen molar-refractivity contribution in [1.29, 1.82) is 0 Å². The lowest BCUT2D eigenvalue weighted by atomic mass is 10.2. The first-order valence-corrected chi connectivity index (χ1v) is 5.03. The Hall–Kier alpha value is -0.570. The Labute approximate surface area is 81.5 Å². The zero-order valence-corrected chi connectivity index (χ0v) is 9.26. The Morgan fingerprint density at radius 1 is 1.54 bits per heavy atom. The third-order valence-electron chi connectivity index (χ3n) is 2.46. The van der Waals surface area contributed by atoms with Crippen molar-refractivity contribution in [3.8, 4) is 0 Å². The molecule has 0 saturated heterocycles. The SMILES string of the molecule is CCC(C)N(C)C(=O)CCCNC. The third kappa shape index (κ3) is 4.88. The van der Waals surface area contributed by atoms with Gasteiger partial charge in [0.1, 0.15) is 0 Å². The van der Waals surface area contributed by atoms with E-state index in [0.29, 0.717) is 12.5 Å². The first-order chi connectivity index (χ1) is 6.13. The minimum atomic E-state index is 0.254. The molecule has 78 valence electrons. The van der Waals surface area contributed by atoms with Crippen molar-refractivity contribution in [2.45, 2.75) is 39.2 Å². The topological polar surface area (TPSA) is 32.3 Å². The van der Waals surface area contributed by atoms with Crippen molar-refractivity contribution in [2.75, 3.05) is 20.6 Å². The van der Waals surface area contributed by atoms with Crippen LogP contribution in [0.25, 0.3) is 0 Å². The van der Waals surface area contributed by atoms with Crippen molar-refractivity contribution < 1.29 is 4.79 Å². The van der Waals surface area contributed by atoms with Crippen LogP contribution in [-0.2, 0) is 4.79 Å². The predicted octanol–water partition coefficient (Wildman–Crippen LogP) is 1.24. The van der Waals surface area contributed by atoms with Gasteiger partial charge in [-0.05, 0) is 33.4 Å². The van der Waals surface area contributed by atoms with Gasteiger partial charge in [0.05, 0.1) is 0 Å². The molecule has 0 radical (unpaired) electrons. The quantitative estimate of drug-likeness (QED) is 0.633. The highest BCUT2D eigenvalue weighted by Gasteiger charge is 2.12. The largest absolute Gasteiger partial charge is 0.343 e. The minimum absolute atomic E-state index is 0.254. The van der Waals surface area contributed by atoms with Crippen LogP contribution >= 0.6 is 0 Å². The first kappa shape index (κ1) is 12.4. The third-order valence-corrected chi connectivity index (χ3v) is 2.46. The molecule has 0 aliphatic carbocycles. The van der Waals surface area contributed by atoms with Gasteiger partial charge < -0.3 is 10.2 Å². The highest BCUT2D eigenvalue weighted by atomic mass is 16.2. The van der Waals surface area contributed by atoms with Crippen molar-refractivity contribution in [3.63, 3.8) is 0 Å². The summed E-state index contributed by atoms with van der Waals surface area (Å²) in [6.45, 7) is 5.10. The van der Waals surface area contributed by atoms with E-state index in [0.717, 1.165) is 19.4 Å². The number of hydrogen-bond donors (Lipinski definition) is 1. The van der Waals surface area contributed by atoms with Crippen LogP contribution in [0.3, 0.4) is 0 Å². The van der Waals surface area contributed by atoms with E-state index in [9.17, 15) is 4.79 Å². The summed E-state index contributed by atoms with van der Waals surface area (Å²) in [7, 11) is 3.79. The Morgan fingerprint density at radius 3 is 2.62 bits per heavy atom. The monoisotopic (exact) mass is 186 g/mol. The van der Waals surface area contributed by atoms with Crippen molar-refractivity contribution in [2.24, 2.45) is 0 Å². The molecular formula is C10H22N2O. The molecule has 0 aromatic carbocycles. The molecule has 0 spiro atoms. The molecule has 1 unspecified atom stereocenters. The van der Waals surface area contributed by atoms with Crippen LogP contribution in [0.5, 0.6) is 0 Å². The van der Waals surface area contributed by atoms with Gasteiger partial charge in [-0.25, -0.2) is 0 Å². The summed E-state index contributed by atoms with van der Waals surface area (Å²) in [5, 5.41) is 3.03. The van der Waals surface area contributed by atoms with Crippen LogP contribution in [-0.4, -0.2) is 37.5 Å². The predicted molar refractivity (Wildman–Crippen MR) is 55.7 cm³/mol. The van der Waals surface area contributed by atoms with E-state index in [1.807, 2.05) is 19.0 Å². The fourth-order valence-corrected chi connectivity index (χ4v) is 1.11. The van der Waals surface area contributed by atoms with Gasteiger partial charge in [0.15, 0.2) is 0 Å². The number of hydrogen-bond acceptors (Lipinski definition) is 2. The standard InChI is InChI=1S/C10H22N2O/c1-5-9(2)12(4)10(13)7-6-8-11-3/h9,11H,5-8H2,1-4H3. The van der Waals surface area contributed by atoms with E-state index in [1.165, 1.54) is 0 Å². The Balaban J connectivity index is 3.69. The van der Waals surface area contributed by atoms with E-state index in [4.69, 9.17) is 0 Å². The summed E-state index contributed by atoms with van der Waals surface area (Å²) >= 11 is 0. The van der Waals surface area contributed by atoms with E-state index >= 15 is 0 Å². The summed E-state index contributed by atoms with van der Waals surface area (Å²) in [5.74, 6) is 0.254. The average molecular weight is 186 g/mol. The van der Waals surface area contributed by atoms with Crippen LogP contribution in [0.4, 0.5) is 0 Å². The molecule has 0 saturated carbocycles. The second-order valence-corrected chi connectivity index (χ2v) is 3.47. The minimum Gasteiger partial charge on any atom is -0.343 e. The fourth-order valence-electron chi connectivity index (χ4n) is 1.11. The van der Waals surface area contributed by atoms with Crippen LogP contribution < -0.4 is 5.32 Å². The second-order valence-electron chi connectivity index (χ2n) is 3.47. The van der Waals surface area contributed by atoms with Gasteiger partial charge in [-0.3, -0.25) is 4.79 Å².